The highest BCUT2D eigenvalue weighted by atomic mass is 19.4. The lowest BCUT2D eigenvalue weighted by molar-refractivity contribution is -0.138. The van der Waals surface area contributed by atoms with E-state index in [1.54, 1.807) is 6.07 Å². The first kappa shape index (κ1) is 18.3. The Morgan fingerprint density at radius 3 is 2.58 bits per heavy atom. The lowest BCUT2D eigenvalue weighted by atomic mass is 9.96. The molecule has 130 valence electrons. The molecule has 0 spiro atoms. The molecule has 1 N–H and O–H groups in total. The van der Waals surface area contributed by atoms with Crippen LogP contribution in [0.4, 0.5) is 13.2 Å². The summed E-state index contributed by atoms with van der Waals surface area (Å²) in [5.74, 6) is 2.42. The van der Waals surface area contributed by atoms with Gasteiger partial charge >= 0.3 is 6.18 Å². The molecule has 0 bridgehead atoms. The number of nitrogens with one attached hydrogen (secondary N) is 1. The second kappa shape index (κ2) is 8.20. The minimum atomic E-state index is -4.37. The van der Waals surface area contributed by atoms with Gasteiger partial charge in [-0.15, -0.1) is 6.42 Å². The molecule has 1 heterocycles. The molecule has 1 saturated heterocycles. The highest BCUT2D eigenvalue weighted by Gasteiger charge is 2.32. The monoisotopic (exact) mass is 338 g/mol. The van der Waals surface area contributed by atoms with Crippen molar-refractivity contribution in [3.8, 4) is 12.3 Å². The number of likely N-dealkylation sites (tertiary alicyclic amines) is 1. The Bertz CT molecular complexity index is 599. The van der Waals surface area contributed by atoms with Crippen LogP contribution in [0.25, 0.3) is 0 Å². The first-order valence-corrected chi connectivity index (χ1v) is 8.00. The Hall–Kier alpha value is -2.00. The number of hydrogen-bond acceptors (Lipinski definition) is 2. The number of rotatable bonds is 5. The summed E-state index contributed by atoms with van der Waals surface area (Å²) >= 11 is 0. The molecule has 1 aliphatic heterocycles. The summed E-state index contributed by atoms with van der Waals surface area (Å²) in [6.45, 7) is 2.34. The first-order chi connectivity index (χ1) is 11.4. The second-order valence-electron chi connectivity index (χ2n) is 5.95. The van der Waals surface area contributed by atoms with Crippen LogP contribution in [0.1, 0.15) is 24.0 Å². The third-order valence-electron chi connectivity index (χ3n) is 4.29. The standard InChI is InChI=1S/C18H21F3N2O/c1-2-11-23-12-8-15(9-13-23)17(24)22-10-7-14-5-3-4-6-16(14)18(19,20)21/h1,3-6,15H,7-13H2,(H,22,24). The predicted octanol–water partition coefficient (Wildman–Crippen LogP) is 2.71. The van der Waals surface area contributed by atoms with Crippen molar-refractivity contribution in [2.24, 2.45) is 5.92 Å². The zero-order chi connectivity index (χ0) is 17.6. The zero-order valence-corrected chi connectivity index (χ0v) is 13.4. The summed E-state index contributed by atoms with van der Waals surface area (Å²) < 4.78 is 38.8. The lowest BCUT2D eigenvalue weighted by Crippen LogP contribution is -2.41. The zero-order valence-electron chi connectivity index (χ0n) is 13.4. The van der Waals surface area contributed by atoms with Gasteiger partial charge in [0.05, 0.1) is 12.1 Å². The van der Waals surface area contributed by atoms with E-state index in [9.17, 15) is 18.0 Å². The Morgan fingerprint density at radius 2 is 1.96 bits per heavy atom. The molecule has 0 saturated carbocycles. The quantitative estimate of drug-likeness (QED) is 0.838. The van der Waals surface area contributed by atoms with Crippen LogP contribution < -0.4 is 5.32 Å². The molecule has 3 nitrogen and oxygen atoms in total. The number of piperidine rings is 1. The Kier molecular flexibility index (Phi) is 6.27. The van der Waals surface area contributed by atoms with Crippen LogP contribution in [-0.2, 0) is 17.4 Å². The van der Waals surface area contributed by atoms with Gasteiger partial charge in [-0.2, -0.15) is 13.2 Å². The van der Waals surface area contributed by atoms with Crippen LogP contribution in [-0.4, -0.2) is 37.0 Å². The maximum atomic E-state index is 12.9. The second-order valence-corrected chi connectivity index (χ2v) is 5.95. The SMILES string of the molecule is C#CCN1CCC(C(=O)NCCc2ccccc2C(F)(F)F)CC1. The Labute approximate surface area is 140 Å². The van der Waals surface area contributed by atoms with Gasteiger partial charge in [-0.25, -0.2) is 0 Å². The molecule has 0 aliphatic carbocycles. The topological polar surface area (TPSA) is 32.3 Å². The molecule has 1 aliphatic rings. The third kappa shape index (κ3) is 5.00. The minimum Gasteiger partial charge on any atom is -0.356 e. The summed E-state index contributed by atoms with van der Waals surface area (Å²) in [5, 5.41) is 2.76. The van der Waals surface area contributed by atoms with Crippen LogP contribution in [0.15, 0.2) is 24.3 Å². The molecule has 1 aromatic rings. The lowest BCUT2D eigenvalue weighted by Gasteiger charge is -2.29. The number of carbonyl (C=O) groups excluding carboxylic acids is 1. The summed E-state index contributed by atoms with van der Waals surface area (Å²) in [6, 6.07) is 5.47. The molecule has 1 fully saturated rings. The number of amides is 1. The molecule has 0 atom stereocenters. The summed E-state index contributed by atoms with van der Waals surface area (Å²) in [6.07, 6.45) is 2.52. The van der Waals surface area contributed by atoms with Crippen LogP contribution >= 0.6 is 0 Å². The smallest absolute Gasteiger partial charge is 0.356 e. The van der Waals surface area contributed by atoms with Gasteiger partial charge in [0.1, 0.15) is 0 Å². The average molecular weight is 338 g/mol. The van der Waals surface area contributed by atoms with Crippen LogP contribution in [0.2, 0.25) is 0 Å². The minimum absolute atomic E-state index is 0.0835. The molecule has 6 heteroatoms. The van der Waals surface area contributed by atoms with Crippen molar-refractivity contribution in [2.75, 3.05) is 26.2 Å². The molecule has 24 heavy (non-hydrogen) atoms. The van der Waals surface area contributed by atoms with Crippen molar-refractivity contribution >= 4 is 5.91 Å². The molecular formula is C18H21F3N2O. The molecule has 2 rings (SSSR count). The number of halogens is 3. The van der Waals surface area contributed by atoms with E-state index >= 15 is 0 Å². The van der Waals surface area contributed by atoms with E-state index in [4.69, 9.17) is 6.42 Å². The summed E-state index contributed by atoms with van der Waals surface area (Å²) in [7, 11) is 0. The van der Waals surface area contributed by atoms with E-state index in [1.165, 1.54) is 12.1 Å². The van der Waals surface area contributed by atoms with E-state index in [0.717, 1.165) is 32.0 Å². The van der Waals surface area contributed by atoms with E-state index in [2.05, 4.69) is 16.1 Å². The molecule has 1 aromatic carbocycles. The fraction of sp³-hybridized carbons (Fsp3) is 0.500. The van der Waals surface area contributed by atoms with Crippen LogP contribution in [0.3, 0.4) is 0 Å². The molecule has 1 amide bonds. The molecular weight excluding hydrogens is 317 g/mol. The fourth-order valence-electron chi connectivity index (χ4n) is 2.96. The van der Waals surface area contributed by atoms with Crippen molar-refractivity contribution < 1.29 is 18.0 Å². The van der Waals surface area contributed by atoms with Gasteiger partial charge in [-0.05, 0) is 44.0 Å². The molecule has 0 aromatic heterocycles. The van der Waals surface area contributed by atoms with E-state index in [-0.39, 0.29) is 30.4 Å². The third-order valence-corrected chi connectivity index (χ3v) is 4.29. The van der Waals surface area contributed by atoms with Crippen molar-refractivity contribution in [3.63, 3.8) is 0 Å². The normalized spacial score (nSPS) is 16.6. The van der Waals surface area contributed by atoms with Gasteiger partial charge in [0.15, 0.2) is 0 Å². The van der Waals surface area contributed by atoms with Gasteiger partial charge in [0.2, 0.25) is 5.91 Å². The first-order valence-electron chi connectivity index (χ1n) is 8.00. The summed E-state index contributed by atoms with van der Waals surface area (Å²) in [5.41, 5.74) is -0.434. The highest BCUT2D eigenvalue weighted by molar-refractivity contribution is 5.78. The van der Waals surface area contributed by atoms with Crippen molar-refractivity contribution in [2.45, 2.75) is 25.4 Å². The van der Waals surface area contributed by atoms with E-state index < -0.39 is 11.7 Å². The molecule has 0 radical (unpaired) electrons. The van der Waals surface area contributed by atoms with Crippen LogP contribution in [0.5, 0.6) is 0 Å². The van der Waals surface area contributed by atoms with Crippen molar-refractivity contribution in [3.05, 3.63) is 35.4 Å². The predicted molar refractivity (Wildman–Crippen MR) is 86.2 cm³/mol. The van der Waals surface area contributed by atoms with Crippen molar-refractivity contribution in [1.29, 1.82) is 0 Å². The van der Waals surface area contributed by atoms with E-state index in [0.29, 0.717) is 6.54 Å². The van der Waals surface area contributed by atoms with Gasteiger partial charge < -0.3 is 5.32 Å². The van der Waals surface area contributed by atoms with Crippen molar-refractivity contribution in [1.82, 2.24) is 10.2 Å². The fourth-order valence-corrected chi connectivity index (χ4v) is 2.96. The number of alkyl halides is 3. The van der Waals surface area contributed by atoms with Gasteiger partial charge in [-0.3, -0.25) is 9.69 Å². The number of terminal acetylenes is 1. The van der Waals surface area contributed by atoms with Crippen LogP contribution in [0, 0.1) is 18.3 Å². The number of carbonyl (C=O) groups is 1. The highest BCUT2D eigenvalue weighted by Crippen LogP contribution is 2.31. The number of benzene rings is 1. The van der Waals surface area contributed by atoms with Gasteiger partial charge in [0.25, 0.3) is 0 Å². The largest absolute Gasteiger partial charge is 0.416 e. The van der Waals surface area contributed by atoms with Gasteiger partial charge in [-0.1, -0.05) is 24.1 Å². The Balaban J connectivity index is 1.81. The maximum Gasteiger partial charge on any atom is 0.416 e. The van der Waals surface area contributed by atoms with Gasteiger partial charge in [0, 0.05) is 12.5 Å². The average Bonchev–Trinajstić information content (AvgIpc) is 2.55. The number of hydrogen-bond donors (Lipinski definition) is 1. The number of nitrogens with zero attached hydrogens (tertiary/aromatic N) is 1. The van der Waals surface area contributed by atoms with E-state index in [1.807, 2.05) is 0 Å². The Morgan fingerprint density at radius 1 is 1.29 bits per heavy atom. The summed E-state index contributed by atoms with van der Waals surface area (Å²) in [4.78, 5) is 14.3. The maximum absolute atomic E-state index is 12.9. The molecule has 0 unspecified atom stereocenters.